The number of amides is 1. The monoisotopic (exact) mass is 346 g/mol. The average molecular weight is 346 g/mol. The second kappa shape index (κ2) is 8.09. The Morgan fingerprint density at radius 2 is 1.84 bits per heavy atom. The summed E-state index contributed by atoms with van der Waals surface area (Å²) in [6.07, 6.45) is 0.136. The lowest BCUT2D eigenvalue weighted by atomic mass is 10.2. The lowest BCUT2D eigenvalue weighted by molar-refractivity contribution is -0.121. The average Bonchev–Trinajstić information content (AvgIpc) is 2.64. The van der Waals surface area contributed by atoms with Crippen LogP contribution < -0.4 is 16.4 Å². The Balaban J connectivity index is 1.53. The largest absolute Gasteiger partial charge is 0.379 e. The number of morpholine rings is 1. The Labute approximate surface area is 144 Å². The molecule has 8 nitrogen and oxygen atoms in total. The van der Waals surface area contributed by atoms with Gasteiger partial charge >= 0.3 is 0 Å². The predicted molar refractivity (Wildman–Crippen MR) is 93.7 cm³/mol. The summed E-state index contributed by atoms with van der Waals surface area (Å²) in [4.78, 5) is 38.6. The van der Waals surface area contributed by atoms with Crippen LogP contribution in [-0.2, 0) is 16.1 Å². The van der Waals surface area contributed by atoms with Crippen molar-refractivity contribution in [3.05, 3.63) is 45.0 Å². The normalized spacial score (nSPS) is 15.4. The molecule has 3 rings (SSSR count). The van der Waals surface area contributed by atoms with Crippen molar-refractivity contribution in [2.75, 3.05) is 39.4 Å². The van der Waals surface area contributed by atoms with E-state index in [1.807, 2.05) is 0 Å². The fourth-order valence-corrected chi connectivity index (χ4v) is 2.88. The highest BCUT2D eigenvalue weighted by molar-refractivity contribution is 5.80. The third-order valence-corrected chi connectivity index (χ3v) is 4.30. The fraction of sp³-hybridized carbons (Fsp3) is 0.471. The summed E-state index contributed by atoms with van der Waals surface area (Å²) < 4.78 is 6.48. The molecule has 1 aliphatic rings. The molecule has 0 bridgehead atoms. The Morgan fingerprint density at radius 1 is 1.12 bits per heavy atom. The van der Waals surface area contributed by atoms with Gasteiger partial charge in [0, 0.05) is 32.6 Å². The van der Waals surface area contributed by atoms with E-state index in [4.69, 9.17) is 4.74 Å². The highest BCUT2D eigenvalue weighted by Crippen LogP contribution is 2.02. The van der Waals surface area contributed by atoms with Crippen molar-refractivity contribution in [1.29, 1.82) is 0 Å². The van der Waals surface area contributed by atoms with Crippen LogP contribution in [-0.4, -0.2) is 60.0 Å². The van der Waals surface area contributed by atoms with Crippen LogP contribution in [0, 0.1) is 0 Å². The maximum Gasteiger partial charge on any atom is 0.273 e. The van der Waals surface area contributed by atoms with Crippen LogP contribution in [0.15, 0.2) is 33.9 Å². The number of ether oxygens (including phenoxy) is 1. The summed E-state index contributed by atoms with van der Waals surface area (Å²) >= 11 is 0. The van der Waals surface area contributed by atoms with E-state index < -0.39 is 0 Å². The van der Waals surface area contributed by atoms with Gasteiger partial charge in [-0.1, -0.05) is 12.1 Å². The first-order chi connectivity index (χ1) is 12.1. The second-order valence-corrected chi connectivity index (χ2v) is 6.00. The number of nitrogens with zero attached hydrogens (tertiary/aromatic N) is 2. The Morgan fingerprint density at radius 3 is 2.60 bits per heavy atom. The molecule has 1 aliphatic heterocycles. The number of H-pyrrole nitrogens is 1. The minimum absolute atomic E-state index is 0.136. The number of aromatic amines is 1. The molecule has 0 spiro atoms. The van der Waals surface area contributed by atoms with Gasteiger partial charge in [-0.05, 0) is 12.1 Å². The molecule has 0 atom stereocenters. The number of fused-ring (bicyclic) bond motifs is 1. The van der Waals surface area contributed by atoms with E-state index in [0.29, 0.717) is 17.3 Å². The summed E-state index contributed by atoms with van der Waals surface area (Å²) in [5.74, 6) is -0.144. The van der Waals surface area contributed by atoms with Crippen LogP contribution in [0.1, 0.15) is 6.42 Å². The van der Waals surface area contributed by atoms with E-state index in [-0.39, 0.29) is 30.0 Å². The van der Waals surface area contributed by atoms with E-state index in [1.54, 1.807) is 24.3 Å². The smallest absolute Gasteiger partial charge is 0.273 e. The predicted octanol–water partition coefficient (Wildman–Crippen LogP) is -0.472. The highest BCUT2D eigenvalue weighted by Gasteiger charge is 2.11. The molecular formula is C17H22N4O4. The van der Waals surface area contributed by atoms with Crippen molar-refractivity contribution in [2.24, 2.45) is 0 Å². The van der Waals surface area contributed by atoms with Crippen LogP contribution in [0.5, 0.6) is 0 Å². The molecule has 2 aromatic rings. The number of carbonyl (C=O) groups excluding carboxylic acids is 1. The Kier molecular flexibility index (Phi) is 5.62. The van der Waals surface area contributed by atoms with Crippen LogP contribution in [0.3, 0.4) is 0 Å². The van der Waals surface area contributed by atoms with Gasteiger partial charge in [0.15, 0.2) is 0 Å². The zero-order valence-electron chi connectivity index (χ0n) is 14.0. The number of carbonyl (C=O) groups is 1. The molecule has 0 saturated carbocycles. The second-order valence-electron chi connectivity index (χ2n) is 6.00. The fourth-order valence-electron chi connectivity index (χ4n) is 2.88. The zero-order valence-corrected chi connectivity index (χ0v) is 14.0. The number of aromatic nitrogens is 2. The van der Waals surface area contributed by atoms with E-state index in [0.717, 1.165) is 32.8 Å². The van der Waals surface area contributed by atoms with Gasteiger partial charge in [-0.2, -0.15) is 0 Å². The van der Waals surface area contributed by atoms with Crippen molar-refractivity contribution < 1.29 is 9.53 Å². The van der Waals surface area contributed by atoms with E-state index >= 15 is 0 Å². The molecule has 1 aromatic carbocycles. The van der Waals surface area contributed by atoms with Gasteiger partial charge < -0.3 is 10.1 Å². The van der Waals surface area contributed by atoms with Crippen molar-refractivity contribution in [3.63, 3.8) is 0 Å². The number of hydrogen-bond acceptors (Lipinski definition) is 5. The van der Waals surface area contributed by atoms with Crippen molar-refractivity contribution >= 4 is 16.7 Å². The van der Waals surface area contributed by atoms with Crippen LogP contribution in [0.4, 0.5) is 0 Å². The molecule has 1 saturated heterocycles. The molecule has 134 valence electrons. The molecule has 1 amide bonds. The lowest BCUT2D eigenvalue weighted by Gasteiger charge is -2.26. The molecule has 0 radical (unpaired) electrons. The number of hydrogen-bond donors (Lipinski definition) is 2. The Bertz CT molecular complexity index is 852. The summed E-state index contributed by atoms with van der Waals surface area (Å²) in [6.45, 7) is 4.69. The third kappa shape index (κ3) is 4.34. The first kappa shape index (κ1) is 17.4. The third-order valence-electron chi connectivity index (χ3n) is 4.30. The molecule has 0 unspecified atom stereocenters. The summed E-state index contributed by atoms with van der Waals surface area (Å²) in [5, 5.41) is 6.09. The molecule has 0 aliphatic carbocycles. The van der Waals surface area contributed by atoms with Crippen LogP contribution >= 0.6 is 0 Å². The van der Waals surface area contributed by atoms with Gasteiger partial charge in [0.25, 0.3) is 11.1 Å². The summed E-state index contributed by atoms with van der Waals surface area (Å²) in [7, 11) is 0. The highest BCUT2D eigenvalue weighted by atomic mass is 16.5. The minimum atomic E-state index is -0.331. The van der Waals surface area contributed by atoms with E-state index in [2.05, 4.69) is 15.3 Å². The van der Waals surface area contributed by atoms with Gasteiger partial charge in [0.2, 0.25) is 5.91 Å². The van der Waals surface area contributed by atoms with Gasteiger partial charge in [0.05, 0.1) is 30.5 Å². The molecule has 25 heavy (non-hydrogen) atoms. The van der Waals surface area contributed by atoms with Crippen LogP contribution in [0.2, 0.25) is 0 Å². The van der Waals surface area contributed by atoms with E-state index in [9.17, 15) is 14.4 Å². The van der Waals surface area contributed by atoms with Crippen molar-refractivity contribution in [3.8, 4) is 0 Å². The summed E-state index contributed by atoms with van der Waals surface area (Å²) in [6, 6.07) is 6.65. The molecular weight excluding hydrogens is 324 g/mol. The minimum Gasteiger partial charge on any atom is -0.379 e. The van der Waals surface area contributed by atoms with E-state index in [1.165, 1.54) is 4.68 Å². The first-order valence-electron chi connectivity index (χ1n) is 8.44. The van der Waals surface area contributed by atoms with Gasteiger partial charge in [-0.25, -0.2) is 4.68 Å². The van der Waals surface area contributed by atoms with Crippen molar-refractivity contribution in [2.45, 2.75) is 13.0 Å². The SMILES string of the molecule is O=C(CCn1[nH]c(=O)c2ccccc2c1=O)NCCN1CCOCC1. The quantitative estimate of drug-likeness (QED) is 0.737. The molecule has 1 aromatic heterocycles. The van der Waals surface area contributed by atoms with Gasteiger partial charge in [-0.3, -0.25) is 24.4 Å². The standard InChI is InChI=1S/C17H22N4O4/c22-15(18-6-8-20-9-11-25-12-10-20)5-7-21-17(24)14-4-2-1-3-13(14)16(23)19-21/h1-4H,5-12H2,(H,18,22)(H,19,23). The molecule has 1 fully saturated rings. The number of nitrogens with one attached hydrogen (secondary N) is 2. The molecule has 2 heterocycles. The lowest BCUT2D eigenvalue weighted by Crippen LogP contribution is -2.41. The van der Waals surface area contributed by atoms with Crippen LogP contribution in [0.25, 0.3) is 10.8 Å². The number of aryl methyl sites for hydroxylation is 1. The zero-order chi connectivity index (χ0) is 17.6. The molecule has 2 N–H and O–H groups in total. The summed E-state index contributed by atoms with van der Waals surface area (Å²) in [5.41, 5.74) is -0.626. The van der Waals surface area contributed by atoms with Crippen molar-refractivity contribution in [1.82, 2.24) is 20.0 Å². The van der Waals surface area contributed by atoms with Gasteiger partial charge in [-0.15, -0.1) is 0 Å². The van der Waals surface area contributed by atoms with Gasteiger partial charge in [0.1, 0.15) is 0 Å². The Hall–Kier alpha value is -2.45. The topological polar surface area (TPSA) is 96.4 Å². The number of benzene rings is 1. The first-order valence-corrected chi connectivity index (χ1v) is 8.44. The maximum absolute atomic E-state index is 12.4. The number of rotatable bonds is 6. The maximum atomic E-state index is 12.4. The molecule has 8 heteroatoms.